The zero-order valence-electron chi connectivity index (χ0n) is 48.5. The van der Waals surface area contributed by atoms with E-state index in [4.69, 9.17) is 20.0 Å². The molecule has 2 aliphatic carbocycles. The fourth-order valence-corrected chi connectivity index (χ4v) is 11.9. The van der Waals surface area contributed by atoms with Gasteiger partial charge in [0.2, 0.25) is 0 Å². The Morgan fingerprint density at radius 1 is 0.395 bits per heavy atom. The van der Waals surface area contributed by atoms with Crippen molar-refractivity contribution in [1.82, 2.24) is 0 Å². The van der Waals surface area contributed by atoms with Gasteiger partial charge in [-0.05, 0) is 143 Å². The number of hydrogen-bond donors (Lipinski definition) is 4. The van der Waals surface area contributed by atoms with Gasteiger partial charge in [-0.2, -0.15) is 0 Å². The maximum Gasteiger partial charge on any atom is 0.127 e. The van der Waals surface area contributed by atoms with Crippen molar-refractivity contribution < 1.29 is 20.4 Å². The van der Waals surface area contributed by atoms with E-state index < -0.39 is 0 Å². The number of phenolic OH excluding ortho intramolecular Hbond substituents is 4. The molecule has 3 aliphatic rings. The van der Waals surface area contributed by atoms with Crippen LogP contribution in [0.2, 0.25) is 0 Å². The molecule has 0 spiro atoms. The van der Waals surface area contributed by atoms with E-state index in [9.17, 15) is 20.4 Å². The first-order chi connectivity index (χ1) is 36.4. The third-order valence-electron chi connectivity index (χ3n) is 17.0. The highest BCUT2D eigenvalue weighted by Gasteiger charge is 2.28. The molecule has 1 aliphatic heterocycles. The Bertz CT molecular complexity index is 2480. The number of nitrogens with zero attached hydrogens (tertiary/aromatic N) is 4. The van der Waals surface area contributed by atoms with E-state index in [0.717, 1.165) is 162 Å². The monoisotopic (exact) mass is 1030 g/mol. The molecule has 0 saturated heterocycles. The zero-order valence-corrected chi connectivity index (χ0v) is 48.5. The van der Waals surface area contributed by atoms with Crippen molar-refractivity contribution in [2.24, 2.45) is 20.0 Å². The van der Waals surface area contributed by atoms with Gasteiger partial charge < -0.3 is 20.4 Å². The predicted octanol–water partition coefficient (Wildman–Crippen LogP) is 17.2. The first-order valence-electron chi connectivity index (χ1n) is 30.0. The number of aromatic hydroxyl groups is 4. The minimum Gasteiger partial charge on any atom is -0.507 e. The second-order valence-corrected chi connectivity index (χ2v) is 25.1. The van der Waals surface area contributed by atoms with E-state index in [2.05, 4.69) is 118 Å². The minimum absolute atomic E-state index is 0.107. The van der Waals surface area contributed by atoms with Gasteiger partial charge in [-0.25, -0.2) is 0 Å². The Morgan fingerprint density at radius 2 is 0.658 bits per heavy atom. The van der Waals surface area contributed by atoms with Gasteiger partial charge in [-0.3, -0.25) is 20.0 Å². The standard InChI is InChI=1S/C68H96N4O4/c1-11-15-23-45(24-16-12-2)47-31-49-35-51-37-57(67(5,6)7)39-55(65(51)75)43-72-62-30-22-20-28-60(62)70-42-54-34-48(46(25-17-13-3)26-18-14-4)32-50(64(54)74)36-52-38-58(68(8,9)10)40-56(66(52)76)44-71-61-29-21-19-27-59(61)69-41-53(33-47)63(49)73/h31-34,37-46,59-62,73-76H,11-30,35-36H2,1-10H3. The van der Waals surface area contributed by atoms with Crippen LogP contribution in [-0.4, -0.2) is 69.5 Å². The summed E-state index contributed by atoms with van der Waals surface area (Å²) in [5.74, 6) is 1.45. The molecule has 4 aromatic carbocycles. The second-order valence-electron chi connectivity index (χ2n) is 25.1. The van der Waals surface area contributed by atoms with Gasteiger partial charge in [0, 0.05) is 60.0 Å². The molecule has 8 heteroatoms. The zero-order chi connectivity index (χ0) is 54.6. The van der Waals surface area contributed by atoms with E-state index in [1.165, 1.54) is 11.1 Å². The number of aliphatic imine (C=N–C) groups is 4. The van der Waals surface area contributed by atoms with Crippen molar-refractivity contribution in [3.05, 3.63) is 115 Å². The lowest BCUT2D eigenvalue weighted by Gasteiger charge is -2.26. The Balaban J connectivity index is 1.44. The fraction of sp³-hybridized carbons (Fsp3) is 0.588. The van der Waals surface area contributed by atoms with Crippen molar-refractivity contribution in [3.63, 3.8) is 0 Å². The first kappa shape index (κ1) is 58.4. The van der Waals surface area contributed by atoms with Gasteiger partial charge >= 0.3 is 0 Å². The van der Waals surface area contributed by atoms with E-state index >= 15 is 0 Å². The topological polar surface area (TPSA) is 130 Å². The van der Waals surface area contributed by atoms with E-state index in [1.807, 2.05) is 24.9 Å². The van der Waals surface area contributed by atoms with Crippen molar-refractivity contribution in [1.29, 1.82) is 0 Å². The van der Waals surface area contributed by atoms with Crippen molar-refractivity contribution >= 4 is 24.9 Å². The summed E-state index contributed by atoms with van der Waals surface area (Å²) in [5, 5.41) is 49.4. The molecule has 8 bridgehead atoms. The molecule has 2 fully saturated rings. The molecule has 8 nitrogen and oxygen atoms in total. The summed E-state index contributed by atoms with van der Waals surface area (Å²) < 4.78 is 0. The van der Waals surface area contributed by atoms with Crippen LogP contribution in [0.5, 0.6) is 23.0 Å². The van der Waals surface area contributed by atoms with Crippen LogP contribution in [0.15, 0.2) is 68.5 Å². The van der Waals surface area contributed by atoms with E-state index in [-0.39, 0.29) is 58.0 Å². The molecule has 76 heavy (non-hydrogen) atoms. The average Bonchev–Trinajstić information content (AvgIpc) is 3.39. The average molecular weight is 1030 g/mol. The highest BCUT2D eigenvalue weighted by atomic mass is 16.3. The number of rotatable bonds is 14. The molecule has 0 radical (unpaired) electrons. The van der Waals surface area contributed by atoms with Crippen LogP contribution < -0.4 is 0 Å². The van der Waals surface area contributed by atoms with Crippen LogP contribution in [0.3, 0.4) is 0 Å². The maximum atomic E-state index is 12.4. The third-order valence-corrected chi connectivity index (χ3v) is 17.0. The number of benzene rings is 4. The Hall–Kier alpha value is -5.24. The SMILES string of the molecule is CCCCC(CCCC)c1cc2c(O)c(c1)Cc1cc(C(C)(C)C)cc(c1O)C=NC1CCCCC1N=Cc1cc(C(CCCC)CCCC)cc(c1O)Cc1cc(C(C)(C)C)cc(c1O)C=NC1CCCCC1N=C2. The van der Waals surface area contributed by atoms with Gasteiger partial charge in [0.25, 0.3) is 0 Å². The van der Waals surface area contributed by atoms with Crippen LogP contribution >= 0.6 is 0 Å². The summed E-state index contributed by atoms with van der Waals surface area (Å²) in [6.07, 6.45) is 29.2. The van der Waals surface area contributed by atoms with Gasteiger partial charge in [-0.1, -0.05) is 171 Å². The number of phenols is 4. The summed E-state index contributed by atoms with van der Waals surface area (Å²) in [6.45, 7) is 22.2. The first-order valence-corrected chi connectivity index (χ1v) is 30.0. The molecular weight excluding hydrogens is 937 g/mol. The summed E-state index contributed by atoms with van der Waals surface area (Å²) in [5.41, 5.74) is 10.0. The second kappa shape index (κ2) is 26.9. The molecule has 4 aromatic rings. The molecule has 7 rings (SSSR count). The van der Waals surface area contributed by atoms with E-state index in [0.29, 0.717) is 46.9 Å². The smallest absolute Gasteiger partial charge is 0.127 e. The number of fused-ring (bicyclic) bond motifs is 10. The molecule has 1 heterocycles. The molecule has 412 valence electrons. The lowest BCUT2D eigenvalue weighted by atomic mass is 9.83. The summed E-state index contributed by atoms with van der Waals surface area (Å²) >= 11 is 0. The van der Waals surface area contributed by atoms with Crippen LogP contribution in [-0.2, 0) is 23.7 Å². The van der Waals surface area contributed by atoms with Crippen molar-refractivity contribution in [2.45, 2.75) is 257 Å². The summed E-state index contributed by atoms with van der Waals surface area (Å²) in [4.78, 5) is 21.2. The normalized spacial score (nSPS) is 19.5. The van der Waals surface area contributed by atoms with Crippen LogP contribution in [0.1, 0.15) is 276 Å². The predicted molar refractivity (Wildman–Crippen MR) is 321 cm³/mol. The third kappa shape index (κ3) is 15.1. The van der Waals surface area contributed by atoms with E-state index in [1.54, 1.807) is 0 Å². The van der Waals surface area contributed by atoms with Crippen molar-refractivity contribution in [2.75, 3.05) is 0 Å². The largest absolute Gasteiger partial charge is 0.507 e. The molecule has 0 amide bonds. The van der Waals surface area contributed by atoms with Crippen LogP contribution in [0.25, 0.3) is 0 Å². The van der Waals surface area contributed by atoms with Gasteiger partial charge in [-0.15, -0.1) is 0 Å². The summed E-state index contributed by atoms with van der Waals surface area (Å²) in [7, 11) is 0. The van der Waals surface area contributed by atoms with Gasteiger partial charge in [0.05, 0.1) is 24.2 Å². The fourth-order valence-electron chi connectivity index (χ4n) is 11.9. The van der Waals surface area contributed by atoms with Crippen LogP contribution in [0, 0.1) is 0 Å². The Morgan fingerprint density at radius 3 is 0.921 bits per heavy atom. The quantitative estimate of drug-likeness (QED) is 0.100. The lowest BCUT2D eigenvalue weighted by molar-refractivity contribution is 0.390. The highest BCUT2D eigenvalue weighted by molar-refractivity contribution is 5.88. The van der Waals surface area contributed by atoms with Gasteiger partial charge in [0.1, 0.15) is 23.0 Å². The minimum atomic E-state index is -0.216. The molecule has 4 N–H and O–H groups in total. The van der Waals surface area contributed by atoms with Gasteiger partial charge in [0.15, 0.2) is 0 Å². The lowest BCUT2D eigenvalue weighted by Crippen LogP contribution is -2.27. The Labute approximate surface area is 458 Å². The molecular formula is C68H96N4O4. The molecule has 2 saturated carbocycles. The molecule has 4 unspecified atom stereocenters. The molecule has 4 atom stereocenters. The number of hydrogen-bond acceptors (Lipinski definition) is 8. The molecule has 0 aromatic heterocycles. The van der Waals surface area contributed by atoms with Crippen molar-refractivity contribution in [3.8, 4) is 23.0 Å². The number of unbranched alkanes of at least 4 members (excludes halogenated alkanes) is 4. The maximum absolute atomic E-state index is 12.4. The Kier molecular flexibility index (Phi) is 20.7. The van der Waals surface area contributed by atoms with Crippen LogP contribution in [0.4, 0.5) is 0 Å². The highest BCUT2D eigenvalue weighted by Crippen LogP contribution is 2.41. The summed E-state index contributed by atoms with van der Waals surface area (Å²) in [6, 6.07) is 16.7.